The minimum absolute atomic E-state index is 0. The van der Waals surface area contributed by atoms with E-state index in [1.807, 2.05) is 29.2 Å². The Bertz CT molecular complexity index is 661. The molecule has 23 heavy (non-hydrogen) atoms. The number of hydrogen-bond acceptors (Lipinski definition) is 3. The first-order valence-corrected chi connectivity index (χ1v) is 7.23. The van der Waals surface area contributed by atoms with E-state index >= 15 is 0 Å². The molecule has 0 radical (unpaired) electrons. The van der Waals surface area contributed by atoms with Gasteiger partial charge in [0.05, 0.1) is 0 Å². The number of carbonyl (C=O) groups is 1. The van der Waals surface area contributed by atoms with Gasteiger partial charge in [-0.25, -0.2) is 4.39 Å². The van der Waals surface area contributed by atoms with Crippen LogP contribution in [-0.2, 0) is 4.79 Å². The number of hydrogen-bond donors (Lipinski definition) is 1. The molecule has 2 N–H and O–H groups in total. The number of ether oxygens (including phenoxy) is 1. The van der Waals surface area contributed by atoms with Crippen LogP contribution in [0.3, 0.4) is 0 Å². The van der Waals surface area contributed by atoms with Gasteiger partial charge in [0, 0.05) is 12.2 Å². The van der Waals surface area contributed by atoms with Gasteiger partial charge in [-0.1, -0.05) is 0 Å². The fraction of sp³-hybridized carbons (Fsp3) is 0.235. The lowest BCUT2D eigenvalue weighted by molar-refractivity contribution is -0.119. The summed E-state index contributed by atoms with van der Waals surface area (Å²) >= 11 is 0. The summed E-state index contributed by atoms with van der Waals surface area (Å²) in [6.45, 7) is 0.825. The van der Waals surface area contributed by atoms with Gasteiger partial charge in [-0.3, -0.25) is 4.79 Å². The first kappa shape index (κ1) is 17.1. The van der Waals surface area contributed by atoms with Crippen LogP contribution < -0.4 is 15.4 Å². The topological polar surface area (TPSA) is 55.6 Å². The van der Waals surface area contributed by atoms with Crippen molar-refractivity contribution in [1.82, 2.24) is 0 Å². The Kier molecular flexibility index (Phi) is 5.45. The van der Waals surface area contributed by atoms with Crippen LogP contribution in [0.25, 0.3) is 0 Å². The van der Waals surface area contributed by atoms with Crippen LogP contribution in [0.4, 0.5) is 10.1 Å². The molecule has 0 aliphatic carbocycles. The van der Waals surface area contributed by atoms with Crippen LogP contribution in [-0.4, -0.2) is 18.5 Å². The third-order valence-electron chi connectivity index (χ3n) is 3.80. The number of nitrogens with zero attached hydrogens (tertiary/aromatic N) is 1. The van der Waals surface area contributed by atoms with Gasteiger partial charge in [0.1, 0.15) is 23.4 Å². The Hall–Kier alpha value is -2.27. The number of halogens is 2. The standard InChI is InChI=1S/C17H17FN2O2.ClH/c18-12-3-7-14(8-4-12)22-15-9-5-13(6-10-15)20-11-1-2-16(20)17(19)21;/h3-10,16H,1-2,11H2,(H2,19,21);1H. The smallest absolute Gasteiger partial charge is 0.240 e. The van der Waals surface area contributed by atoms with Crippen LogP contribution in [0, 0.1) is 5.82 Å². The minimum atomic E-state index is -0.297. The normalized spacial score (nSPS) is 16.7. The first-order chi connectivity index (χ1) is 10.6. The SMILES string of the molecule is Cl.NC(=O)C1CCCN1c1ccc(Oc2ccc(F)cc2)cc1. The molecule has 1 fully saturated rings. The third kappa shape index (κ3) is 3.93. The molecule has 2 aromatic carbocycles. The Morgan fingerprint density at radius 3 is 2.22 bits per heavy atom. The molecule has 0 bridgehead atoms. The van der Waals surface area contributed by atoms with Gasteiger partial charge >= 0.3 is 0 Å². The highest BCUT2D eigenvalue weighted by Gasteiger charge is 2.28. The third-order valence-corrected chi connectivity index (χ3v) is 3.80. The van der Waals surface area contributed by atoms with E-state index in [1.165, 1.54) is 12.1 Å². The summed E-state index contributed by atoms with van der Waals surface area (Å²) in [7, 11) is 0. The number of primary amides is 1. The zero-order valence-corrected chi connectivity index (χ0v) is 13.3. The maximum absolute atomic E-state index is 12.9. The molecule has 3 rings (SSSR count). The largest absolute Gasteiger partial charge is 0.457 e. The fourth-order valence-electron chi connectivity index (χ4n) is 2.72. The lowest BCUT2D eigenvalue weighted by atomic mass is 10.2. The van der Waals surface area contributed by atoms with E-state index in [9.17, 15) is 9.18 Å². The molecule has 0 aromatic heterocycles. The highest BCUT2D eigenvalue weighted by molar-refractivity contribution is 5.85. The van der Waals surface area contributed by atoms with E-state index in [0.717, 1.165) is 25.1 Å². The second-order valence-corrected chi connectivity index (χ2v) is 5.30. The molecule has 6 heteroatoms. The van der Waals surface area contributed by atoms with E-state index in [4.69, 9.17) is 10.5 Å². The van der Waals surface area contributed by atoms with Gasteiger partial charge in [-0.2, -0.15) is 0 Å². The van der Waals surface area contributed by atoms with Crippen LogP contribution in [0.5, 0.6) is 11.5 Å². The number of rotatable bonds is 4. The van der Waals surface area contributed by atoms with Gasteiger partial charge in [0.15, 0.2) is 0 Å². The Labute approximate surface area is 140 Å². The van der Waals surface area contributed by atoms with E-state index < -0.39 is 0 Å². The molecular weight excluding hydrogens is 319 g/mol. The van der Waals surface area contributed by atoms with Crippen molar-refractivity contribution >= 4 is 24.0 Å². The number of nitrogens with two attached hydrogens (primary N) is 1. The molecule has 1 aliphatic rings. The lowest BCUT2D eigenvalue weighted by Gasteiger charge is -2.24. The maximum atomic E-state index is 12.9. The molecule has 1 aliphatic heterocycles. The second-order valence-electron chi connectivity index (χ2n) is 5.30. The molecule has 2 aromatic rings. The zero-order chi connectivity index (χ0) is 15.5. The van der Waals surface area contributed by atoms with Crippen LogP contribution in [0.2, 0.25) is 0 Å². The number of carbonyl (C=O) groups excluding carboxylic acids is 1. The van der Waals surface area contributed by atoms with Gasteiger partial charge in [-0.05, 0) is 61.4 Å². The highest BCUT2D eigenvalue weighted by atomic mass is 35.5. The molecule has 1 amide bonds. The van der Waals surface area contributed by atoms with Crippen molar-refractivity contribution in [2.24, 2.45) is 5.73 Å². The monoisotopic (exact) mass is 336 g/mol. The molecule has 1 atom stereocenters. The second kappa shape index (κ2) is 7.33. The Balaban J connectivity index is 0.00000192. The van der Waals surface area contributed by atoms with Crippen molar-refractivity contribution in [3.8, 4) is 11.5 Å². The van der Waals surface area contributed by atoms with E-state index in [0.29, 0.717) is 11.5 Å². The van der Waals surface area contributed by atoms with E-state index in [1.54, 1.807) is 12.1 Å². The van der Waals surface area contributed by atoms with Gasteiger partial charge < -0.3 is 15.4 Å². The maximum Gasteiger partial charge on any atom is 0.240 e. The Morgan fingerprint density at radius 1 is 1.09 bits per heavy atom. The van der Waals surface area contributed by atoms with Crippen LogP contribution in [0.1, 0.15) is 12.8 Å². The highest BCUT2D eigenvalue weighted by Crippen LogP contribution is 2.29. The van der Waals surface area contributed by atoms with Crippen molar-refractivity contribution in [2.75, 3.05) is 11.4 Å². The van der Waals surface area contributed by atoms with Crippen molar-refractivity contribution < 1.29 is 13.9 Å². The molecule has 0 saturated carbocycles. The molecule has 0 spiro atoms. The summed E-state index contributed by atoms with van der Waals surface area (Å²) in [5, 5.41) is 0. The van der Waals surface area contributed by atoms with Crippen molar-refractivity contribution in [3.63, 3.8) is 0 Å². The summed E-state index contributed by atoms with van der Waals surface area (Å²) in [5.74, 6) is 0.647. The average molecular weight is 337 g/mol. The van der Waals surface area contributed by atoms with Crippen molar-refractivity contribution in [2.45, 2.75) is 18.9 Å². The molecule has 1 unspecified atom stereocenters. The van der Waals surface area contributed by atoms with E-state index in [-0.39, 0.29) is 30.2 Å². The van der Waals surface area contributed by atoms with E-state index in [2.05, 4.69) is 0 Å². The fourth-order valence-corrected chi connectivity index (χ4v) is 2.72. The van der Waals surface area contributed by atoms with Crippen LogP contribution >= 0.6 is 12.4 Å². The summed E-state index contributed by atoms with van der Waals surface area (Å²) < 4.78 is 18.5. The minimum Gasteiger partial charge on any atom is -0.457 e. The van der Waals surface area contributed by atoms with Crippen molar-refractivity contribution in [3.05, 3.63) is 54.3 Å². The summed E-state index contributed by atoms with van der Waals surface area (Å²) in [5.41, 5.74) is 6.39. The molecule has 1 saturated heterocycles. The molecule has 4 nitrogen and oxygen atoms in total. The first-order valence-electron chi connectivity index (χ1n) is 7.23. The van der Waals surface area contributed by atoms with Gasteiger partial charge in [0.25, 0.3) is 0 Å². The predicted octanol–water partition coefficient (Wildman–Crippen LogP) is 3.49. The average Bonchev–Trinajstić information content (AvgIpc) is 3.00. The summed E-state index contributed by atoms with van der Waals surface area (Å²) in [6.07, 6.45) is 1.75. The lowest BCUT2D eigenvalue weighted by Crippen LogP contribution is -2.40. The number of benzene rings is 2. The quantitative estimate of drug-likeness (QED) is 0.929. The van der Waals surface area contributed by atoms with Crippen LogP contribution in [0.15, 0.2) is 48.5 Å². The summed E-state index contributed by atoms with van der Waals surface area (Å²) in [4.78, 5) is 13.5. The van der Waals surface area contributed by atoms with Gasteiger partial charge in [0.2, 0.25) is 5.91 Å². The summed E-state index contributed by atoms with van der Waals surface area (Å²) in [6, 6.07) is 13.1. The van der Waals surface area contributed by atoms with Crippen molar-refractivity contribution in [1.29, 1.82) is 0 Å². The molecule has 122 valence electrons. The molecular formula is C17H18ClFN2O2. The van der Waals surface area contributed by atoms with Gasteiger partial charge in [-0.15, -0.1) is 12.4 Å². The Morgan fingerprint density at radius 2 is 1.65 bits per heavy atom. The molecule has 1 heterocycles. The number of anilines is 1. The zero-order valence-electron chi connectivity index (χ0n) is 12.4. The predicted molar refractivity (Wildman–Crippen MR) is 89.7 cm³/mol. The number of amides is 1.